The molecule has 5 N–H and O–H groups in total. The number of carbonyl (C=O) groups is 1. The fraction of sp³-hybridized carbons (Fsp3) is 0.0952. The minimum absolute atomic E-state index is 0.286. The Kier molecular flexibility index (Phi) is 4.63. The predicted molar refractivity (Wildman–Crippen MR) is 112 cm³/mol. The Hall–Kier alpha value is -3.87. The molecule has 0 spiro atoms. The molecule has 2 heterocycles. The largest absolute Gasteiger partial charge is 0.382 e. The highest BCUT2D eigenvalue weighted by Gasteiger charge is 2.11. The van der Waals surface area contributed by atoms with E-state index in [1.54, 1.807) is 6.20 Å². The zero-order valence-electron chi connectivity index (χ0n) is 15.4. The van der Waals surface area contributed by atoms with E-state index in [0.29, 0.717) is 17.2 Å². The van der Waals surface area contributed by atoms with Crippen LogP contribution >= 0.6 is 0 Å². The molecule has 2 amide bonds. The number of nitrogens with zero attached hydrogens (tertiary/aromatic N) is 2. The number of pyridine rings is 1. The van der Waals surface area contributed by atoms with Gasteiger partial charge in [-0.05, 0) is 53.4 Å². The van der Waals surface area contributed by atoms with Crippen molar-refractivity contribution in [3.05, 3.63) is 66.4 Å². The van der Waals surface area contributed by atoms with Gasteiger partial charge < -0.3 is 16.4 Å². The van der Waals surface area contributed by atoms with Crippen molar-refractivity contribution in [3.8, 4) is 11.1 Å². The molecule has 0 aliphatic carbocycles. The maximum atomic E-state index is 12.3. The third-order valence-corrected chi connectivity index (χ3v) is 4.54. The number of hydrogen-bond acceptors (Lipinski definition) is 4. The molecule has 4 rings (SSSR count). The van der Waals surface area contributed by atoms with Crippen LogP contribution in [0.15, 0.2) is 60.8 Å². The van der Waals surface area contributed by atoms with Gasteiger partial charge in [-0.1, -0.05) is 31.2 Å². The third kappa shape index (κ3) is 3.50. The second-order valence-electron chi connectivity index (χ2n) is 6.40. The molecule has 7 nitrogen and oxygen atoms in total. The van der Waals surface area contributed by atoms with Crippen LogP contribution in [0, 0.1) is 0 Å². The van der Waals surface area contributed by atoms with Crippen molar-refractivity contribution in [3.63, 3.8) is 0 Å². The fourth-order valence-corrected chi connectivity index (χ4v) is 3.11. The maximum Gasteiger partial charge on any atom is 0.323 e. The van der Waals surface area contributed by atoms with Crippen LogP contribution in [0.1, 0.15) is 12.5 Å². The molecule has 2 aromatic heterocycles. The third-order valence-electron chi connectivity index (χ3n) is 4.54. The van der Waals surface area contributed by atoms with E-state index in [-0.39, 0.29) is 6.03 Å². The highest BCUT2D eigenvalue weighted by Crippen LogP contribution is 2.30. The average molecular weight is 372 g/mol. The Morgan fingerprint density at radius 3 is 2.64 bits per heavy atom. The van der Waals surface area contributed by atoms with Gasteiger partial charge in [0.15, 0.2) is 11.5 Å². The number of carbonyl (C=O) groups excluding carboxylic acids is 1. The van der Waals surface area contributed by atoms with Crippen LogP contribution in [0.5, 0.6) is 0 Å². The Labute approximate surface area is 162 Å². The molecule has 2 aromatic carbocycles. The quantitative estimate of drug-likeness (QED) is 0.425. The topological polar surface area (TPSA) is 109 Å². The Bertz CT molecular complexity index is 1130. The van der Waals surface area contributed by atoms with Gasteiger partial charge in [-0.2, -0.15) is 5.10 Å². The van der Waals surface area contributed by atoms with Gasteiger partial charge >= 0.3 is 6.03 Å². The van der Waals surface area contributed by atoms with Crippen molar-refractivity contribution in [2.24, 2.45) is 0 Å². The summed E-state index contributed by atoms with van der Waals surface area (Å²) in [4.78, 5) is 16.5. The maximum absolute atomic E-state index is 12.3. The molecule has 0 saturated heterocycles. The number of nitrogens with two attached hydrogens (primary N) is 1. The molecular formula is C21H20N6O. The molecule has 7 heteroatoms. The van der Waals surface area contributed by atoms with Crippen LogP contribution in [0.3, 0.4) is 0 Å². The van der Waals surface area contributed by atoms with Crippen molar-refractivity contribution in [2.75, 3.05) is 16.4 Å². The van der Waals surface area contributed by atoms with Gasteiger partial charge in [0, 0.05) is 17.6 Å². The highest BCUT2D eigenvalue weighted by atomic mass is 16.2. The predicted octanol–water partition coefficient (Wildman–Crippen LogP) is 4.41. The lowest BCUT2D eigenvalue weighted by atomic mass is 10.0. The molecule has 0 bridgehead atoms. The first kappa shape index (κ1) is 17.5. The van der Waals surface area contributed by atoms with Gasteiger partial charge in [0.2, 0.25) is 0 Å². The number of rotatable bonds is 4. The van der Waals surface area contributed by atoms with E-state index >= 15 is 0 Å². The molecule has 0 saturated carbocycles. The minimum Gasteiger partial charge on any atom is -0.382 e. The first-order chi connectivity index (χ1) is 13.6. The fourth-order valence-electron chi connectivity index (χ4n) is 3.11. The van der Waals surface area contributed by atoms with Crippen molar-refractivity contribution in [1.29, 1.82) is 0 Å². The van der Waals surface area contributed by atoms with E-state index in [1.807, 2.05) is 54.6 Å². The number of H-pyrrole nitrogens is 1. The van der Waals surface area contributed by atoms with Gasteiger partial charge in [-0.25, -0.2) is 9.78 Å². The number of nitrogens with one attached hydrogen (secondary N) is 3. The summed E-state index contributed by atoms with van der Waals surface area (Å²) in [7, 11) is 0. The molecule has 0 aliphatic rings. The number of fused-ring (bicyclic) bond motifs is 1. The number of aryl methyl sites for hydroxylation is 1. The molecule has 140 valence electrons. The SMILES string of the molecule is CCc1cccc(NC(=O)Nc2ccc(-c3ccnc4[nH]nc(N)c34)cc2)c1. The van der Waals surface area contributed by atoms with Crippen molar-refractivity contribution in [2.45, 2.75) is 13.3 Å². The number of anilines is 3. The molecule has 4 aromatic rings. The zero-order chi connectivity index (χ0) is 19.5. The van der Waals surface area contributed by atoms with Crippen LogP contribution in [0.2, 0.25) is 0 Å². The van der Waals surface area contributed by atoms with Crippen molar-refractivity contribution in [1.82, 2.24) is 15.2 Å². The van der Waals surface area contributed by atoms with Crippen molar-refractivity contribution >= 4 is 34.3 Å². The number of aromatic nitrogens is 3. The number of benzene rings is 2. The van der Waals surface area contributed by atoms with Gasteiger partial charge in [0.1, 0.15) is 0 Å². The van der Waals surface area contributed by atoms with Crippen LogP contribution in [0.25, 0.3) is 22.2 Å². The molecular weight excluding hydrogens is 352 g/mol. The zero-order valence-corrected chi connectivity index (χ0v) is 15.4. The second kappa shape index (κ2) is 7.40. The summed E-state index contributed by atoms with van der Waals surface area (Å²) in [6, 6.07) is 16.9. The summed E-state index contributed by atoms with van der Waals surface area (Å²) < 4.78 is 0. The number of urea groups is 1. The van der Waals surface area contributed by atoms with Crippen LogP contribution < -0.4 is 16.4 Å². The van der Waals surface area contributed by atoms with E-state index in [2.05, 4.69) is 32.7 Å². The van der Waals surface area contributed by atoms with Gasteiger partial charge in [0.25, 0.3) is 0 Å². The summed E-state index contributed by atoms with van der Waals surface area (Å²) in [6.45, 7) is 2.08. The summed E-state index contributed by atoms with van der Waals surface area (Å²) >= 11 is 0. The van der Waals surface area contributed by atoms with E-state index < -0.39 is 0 Å². The average Bonchev–Trinajstić information content (AvgIpc) is 3.10. The monoisotopic (exact) mass is 372 g/mol. The molecule has 0 fully saturated rings. The Morgan fingerprint density at radius 2 is 1.86 bits per heavy atom. The number of aromatic amines is 1. The molecule has 0 aliphatic heterocycles. The van der Waals surface area contributed by atoms with E-state index in [9.17, 15) is 4.79 Å². The van der Waals surface area contributed by atoms with Crippen LogP contribution in [0.4, 0.5) is 22.0 Å². The number of hydrogen-bond donors (Lipinski definition) is 4. The van der Waals surface area contributed by atoms with Crippen LogP contribution in [-0.4, -0.2) is 21.2 Å². The first-order valence-electron chi connectivity index (χ1n) is 9.00. The molecule has 28 heavy (non-hydrogen) atoms. The summed E-state index contributed by atoms with van der Waals surface area (Å²) in [5, 5.41) is 13.3. The number of nitrogen functional groups attached to an aromatic ring is 1. The van der Waals surface area contributed by atoms with Crippen molar-refractivity contribution < 1.29 is 4.79 Å². The van der Waals surface area contributed by atoms with E-state index in [4.69, 9.17) is 5.73 Å². The molecule has 0 radical (unpaired) electrons. The lowest BCUT2D eigenvalue weighted by molar-refractivity contribution is 0.262. The van der Waals surface area contributed by atoms with E-state index in [0.717, 1.165) is 28.6 Å². The number of amides is 2. The second-order valence-corrected chi connectivity index (χ2v) is 6.40. The highest BCUT2D eigenvalue weighted by molar-refractivity contribution is 6.01. The summed E-state index contributed by atoms with van der Waals surface area (Å²) in [5.74, 6) is 0.411. The molecule has 0 atom stereocenters. The Morgan fingerprint density at radius 1 is 1.07 bits per heavy atom. The van der Waals surface area contributed by atoms with Crippen LogP contribution in [-0.2, 0) is 6.42 Å². The molecule has 0 unspecified atom stereocenters. The minimum atomic E-state index is -0.286. The lowest BCUT2D eigenvalue weighted by Gasteiger charge is -2.10. The standard InChI is InChI=1S/C21H20N6O/c1-2-13-4-3-5-16(12-13)25-21(28)24-15-8-6-14(7-9-15)17-10-11-23-20-18(17)19(22)26-27-20/h3-12H,2H2,1H3,(H2,24,25,28)(H3,22,23,26,27). The summed E-state index contributed by atoms with van der Waals surface area (Å²) in [6.07, 6.45) is 2.63. The van der Waals surface area contributed by atoms with Gasteiger partial charge in [-0.15, -0.1) is 0 Å². The lowest BCUT2D eigenvalue weighted by Crippen LogP contribution is -2.19. The van der Waals surface area contributed by atoms with E-state index in [1.165, 1.54) is 5.56 Å². The van der Waals surface area contributed by atoms with Gasteiger partial charge in [0.05, 0.1) is 5.39 Å². The smallest absolute Gasteiger partial charge is 0.323 e. The summed E-state index contributed by atoms with van der Waals surface area (Å²) in [5.41, 5.74) is 11.1. The Balaban J connectivity index is 1.50. The normalized spacial score (nSPS) is 10.8. The first-order valence-corrected chi connectivity index (χ1v) is 9.00. The van der Waals surface area contributed by atoms with Gasteiger partial charge in [-0.3, -0.25) is 5.10 Å².